The van der Waals surface area contributed by atoms with E-state index >= 15 is 0 Å². The number of aliphatic hydroxyl groups is 1. The number of benzene rings is 1. The van der Waals surface area contributed by atoms with Crippen LogP contribution in [-0.4, -0.2) is 40.6 Å². The monoisotopic (exact) mass is 330 g/mol. The van der Waals surface area contributed by atoms with Crippen LogP contribution in [-0.2, 0) is 0 Å². The standard InChI is InChI=1S/C18H22N2O2S/c1-20(10-15-4-2-3-5-17(15)21)18(22)14-8-6-13(7-9-14)16-11-23-12-19-16/h6-9,11-12,15,17,21H,2-5,10H2,1H3. The normalized spacial score (nSPS) is 21.1. The molecular weight excluding hydrogens is 308 g/mol. The van der Waals surface area contributed by atoms with Crippen molar-refractivity contribution in [2.75, 3.05) is 13.6 Å². The Labute approximate surface area is 140 Å². The van der Waals surface area contributed by atoms with E-state index in [4.69, 9.17) is 0 Å². The van der Waals surface area contributed by atoms with Crippen LogP contribution in [0.1, 0.15) is 36.0 Å². The lowest BCUT2D eigenvalue weighted by molar-refractivity contribution is 0.0451. The first-order valence-corrected chi connectivity index (χ1v) is 9.01. The molecule has 4 nitrogen and oxygen atoms in total. The molecule has 0 radical (unpaired) electrons. The predicted octanol–water partition coefficient (Wildman–Crippen LogP) is 3.43. The highest BCUT2D eigenvalue weighted by atomic mass is 32.1. The number of hydrogen-bond acceptors (Lipinski definition) is 4. The van der Waals surface area contributed by atoms with E-state index < -0.39 is 0 Å². The summed E-state index contributed by atoms with van der Waals surface area (Å²) in [7, 11) is 1.82. The maximum Gasteiger partial charge on any atom is 0.253 e. The third kappa shape index (κ3) is 3.79. The zero-order valence-electron chi connectivity index (χ0n) is 13.3. The number of aliphatic hydroxyl groups excluding tert-OH is 1. The number of carbonyl (C=O) groups is 1. The third-order valence-electron chi connectivity index (χ3n) is 4.58. The average molecular weight is 330 g/mol. The number of thiazole rings is 1. The van der Waals surface area contributed by atoms with Crippen LogP contribution in [0.15, 0.2) is 35.2 Å². The Hall–Kier alpha value is -1.72. The minimum absolute atomic E-state index is 0.00704. The molecule has 3 rings (SSSR count). The molecule has 1 aliphatic rings. The molecule has 122 valence electrons. The second-order valence-corrected chi connectivity index (χ2v) is 6.97. The number of hydrogen-bond donors (Lipinski definition) is 1. The fourth-order valence-corrected chi connectivity index (χ4v) is 3.76. The van der Waals surface area contributed by atoms with E-state index in [0.717, 1.165) is 36.9 Å². The van der Waals surface area contributed by atoms with E-state index in [1.807, 2.05) is 36.7 Å². The summed E-state index contributed by atoms with van der Waals surface area (Å²) in [6.45, 7) is 0.619. The molecule has 1 fully saturated rings. The molecule has 0 spiro atoms. The molecule has 1 aliphatic carbocycles. The van der Waals surface area contributed by atoms with Gasteiger partial charge in [-0.25, -0.2) is 4.98 Å². The van der Waals surface area contributed by atoms with Crippen LogP contribution in [0, 0.1) is 5.92 Å². The largest absolute Gasteiger partial charge is 0.393 e. The van der Waals surface area contributed by atoms with Crippen LogP contribution in [0.25, 0.3) is 11.3 Å². The zero-order chi connectivity index (χ0) is 16.2. The number of carbonyl (C=O) groups excluding carboxylic acids is 1. The van der Waals surface area contributed by atoms with Crippen LogP contribution in [0.2, 0.25) is 0 Å². The number of rotatable bonds is 4. The third-order valence-corrected chi connectivity index (χ3v) is 5.17. The first kappa shape index (κ1) is 16.1. The summed E-state index contributed by atoms with van der Waals surface area (Å²) in [5.74, 6) is 0.208. The highest BCUT2D eigenvalue weighted by Gasteiger charge is 2.25. The molecule has 0 aliphatic heterocycles. The zero-order valence-corrected chi connectivity index (χ0v) is 14.1. The Balaban J connectivity index is 1.65. The van der Waals surface area contributed by atoms with Crippen molar-refractivity contribution in [2.24, 2.45) is 5.92 Å². The van der Waals surface area contributed by atoms with Crippen molar-refractivity contribution in [2.45, 2.75) is 31.8 Å². The van der Waals surface area contributed by atoms with Gasteiger partial charge in [-0.05, 0) is 25.0 Å². The molecule has 2 atom stereocenters. The van der Waals surface area contributed by atoms with E-state index in [2.05, 4.69) is 4.98 Å². The van der Waals surface area contributed by atoms with Gasteiger partial charge >= 0.3 is 0 Å². The fourth-order valence-electron chi connectivity index (χ4n) is 3.19. The highest BCUT2D eigenvalue weighted by molar-refractivity contribution is 7.07. The van der Waals surface area contributed by atoms with Crippen molar-refractivity contribution in [3.63, 3.8) is 0 Å². The smallest absolute Gasteiger partial charge is 0.253 e. The summed E-state index contributed by atoms with van der Waals surface area (Å²) in [5.41, 5.74) is 4.44. The van der Waals surface area contributed by atoms with E-state index in [-0.39, 0.29) is 17.9 Å². The Kier molecular flexibility index (Phi) is 5.08. The number of amides is 1. The maximum absolute atomic E-state index is 12.6. The predicted molar refractivity (Wildman–Crippen MR) is 92.5 cm³/mol. The molecule has 1 aromatic carbocycles. The summed E-state index contributed by atoms with van der Waals surface area (Å²) >= 11 is 1.56. The van der Waals surface area contributed by atoms with Gasteiger partial charge in [0.25, 0.3) is 5.91 Å². The Morgan fingerprint density at radius 2 is 2.04 bits per heavy atom. The van der Waals surface area contributed by atoms with Gasteiger partial charge in [-0.2, -0.15) is 0 Å². The van der Waals surface area contributed by atoms with Crippen LogP contribution in [0.4, 0.5) is 0 Å². The summed E-state index contributed by atoms with van der Waals surface area (Å²) in [5, 5.41) is 12.1. The second kappa shape index (κ2) is 7.23. The van der Waals surface area contributed by atoms with Gasteiger partial charge in [-0.15, -0.1) is 11.3 Å². The molecule has 2 unspecified atom stereocenters. The Morgan fingerprint density at radius 1 is 1.30 bits per heavy atom. The second-order valence-electron chi connectivity index (χ2n) is 6.25. The molecule has 5 heteroatoms. The van der Waals surface area contributed by atoms with Crippen molar-refractivity contribution in [1.82, 2.24) is 9.88 Å². The highest BCUT2D eigenvalue weighted by Crippen LogP contribution is 2.25. The number of nitrogens with zero attached hydrogens (tertiary/aromatic N) is 2. The van der Waals surface area contributed by atoms with Gasteiger partial charge in [-0.1, -0.05) is 25.0 Å². The van der Waals surface area contributed by atoms with Crippen molar-refractivity contribution in [1.29, 1.82) is 0 Å². The Bertz CT molecular complexity index is 640. The van der Waals surface area contributed by atoms with Gasteiger partial charge in [0.05, 0.1) is 17.3 Å². The van der Waals surface area contributed by atoms with Crippen molar-refractivity contribution in [3.05, 3.63) is 40.7 Å². The minimum atomic E-state index is -0.272. The van der Waals surface area contributed by atoms with Crippen LogP contribution in [0.3, 0.4) is 0 Å². The van der Waals surface area contributed by atoms with Gasteiger partial charge in [0.15, 0.2) is 0 Å². The van der Waals surface area contributed by atoms with E-state index in [1.165, 1.54) is 0 Å². The van der Waals surface area contributed by atoms with E-state index in [0.29, 0.717) is 12.1 Å². The molecule has 1 N–H and O–H groups in total. The topological polar surface area (TPSA) is 53.4 Å². The summed E-state index contributed by atoms with van der Waals surface area (Å²) in [4.78, 5) is 18.6. The van der Waals surface area contributed by atoms with E-state index in [9.17, 15) is 9.90 Å². The maximum atomic E-state index is 12.6. The molecular formula is C18H22N2O2S. The van der Waals surface area contributed by atoms with Crippen LogP contribution in [0.5, 0.6) is 0 Å². The van der Waals surface area contributed by atoms with Gasteiger partial charge in [0.1, 0.15) is 0 Å². The van der Waals surface area contributed by atoms with Crippen molar-refractivity contribution < 1.29 is 9.90 Å². The van der Waals surface area contributed by atoms with Crippen molar-refractivity contribution >= 4 is 17.2 Å². The SMILES string of the molecule is CN(CC1CCCCC1O)C(=O)c1ccc(-c2cscn2)cc1. The molecule has 1 aromatic heterocycles. The van der Waals surface area contributed by atoms with Gasteiger partial charge < -0.3 is 10.0 Å². The molecule has 0 bridgehead atoms. The molecule has 23 heavy (non-hydrogen) atoms. The summed E-state index contributed by atoms with van der Waals surface area (Å²) in [6, 6.07) is 7.58. The lowest BCUT2D eigenvalue weighted by Crippen LogP contribution is -2.38. The van der Waals surface area contributed by atoms with E-state index in [1.54, 1.807) is 21.7 Å². The quantitative estimate of drug-likeness (QED) is 0.934. The fraction of sp³-hybridized carbons (Fsp3) is 0.444. The summed E-state index contributed by atoms with van der Waals surface area (Å²) in [6.07, 6.45) is 3.82. The molecule has 0 saturated heterocycles. The molecule has 2 aromatic rings. The van der Waals surface area contributed by atoms with Gasteiger partial charge in [0, 0.05) is 36.0 Å². The van der Waals surface area contributed by atoms with Crippen LogP contribution >= 0.6 is 11.3 Å². The number of aromatic nitrogens is 1. The Morgan fingerprint density at radius 3 is 2.70 bits per heavy atom. The first-order chi connectivity index (χ1) is 11.1. The molecule has 1 amide bonds. The summed E-state index contributed by atoms with van der Waals surface area (Å²) < 4.78 is 0. The van der Waals surface area contributed by atoms with Gasteiger partial charge in [-0.3, -0.25) is 4.79 Å². The lowest BCUT2D eigenvalue weighted by Gasteiger charge is -2.31. The van der Waals surface area contributed by atoms with Crippen molar-refractivity contribution in [3.8, 4) is 11.3 Å². The molecule has 1 heterocycles. The van der Waals surface area contributed by atoms with Crippen LogP contribution < -0.4 is 0 Å². The molecule has 1 saturated carbocycles. The minimum Gasteiger partial charge on any atom is -0.393 e. The average Bonchev–Trinajstić information content (AvgIpc) is 3.11. The first-order valence-electron chi connectivity index (χ1n) is 8.07. The lowest BCUT2D eigenvalue weighted by atomic mass is 9.86. The van der Waals surface area contributed by atoms with Gasteiger partial charge in [0.2, 0.25) is 0 Å².